The number of rotatable bonds is 14. The standard InChI is InChI=1S/C31H31ClFN10O8P/c32-26-23-28(37-13-35-26)42(15-39-23)20-9-18(19(20)10-44)12-49-52(47,48-8-4-7-34)51-25-21(11-45)50-31(22(25)33)43-16-40-24-27(36-14-38-29(24)43)41-30(46)17-5-2-1-3-6-17/h1-3,5-6,13-16,18-22,25,31,44-45H,4,8-12H2,(H,36,38,41,46)/t18-,19-,20-,21-,22-,25-,31-,52?/m1/s1. The van der Waals surface area contributed by atoms with Gasteiger partial charge in [0, 0.05) is 24.1 Å². The fourth-order valence-electron chi connectivity index (χ4n) is 6.35. The molecule has 4 aromatic heterocycles. The number of carbonyl (C=O) groups is 1. The summed E-state index contributed by atoms with van der Waals surface area (Å²) >= 11 is 6.14. The molecule has 1 amide bonds. The lowest BCUT2D eigenvalue weighted by atomic mass is 9.70. The molecular formula is C31H31ClFN10O8P. The van der Waals surface area contributed by atoms with E-state index >= 15 is 4.39 Å². The SMILES string of the molecule is N#CCCOP(=O)(OC[C@H]1C[C@@H](n2cnc3c(Cl)ncnc32)[C@@H]1CO)O[C@H]1[C@@H](F)[C@H](n2cnc3c(NC(=O)c4ccccc4)ncnc32)O[C@@H]1CO. The third kappa shape index (κ3) is 6.87. The van der Waals surface area contributed by atoms with Crippen molar-refractivity contribution in [2.24, 2.45) is 11.8 Å². The number of imidazole rings is 2. The van der Waals surface area contributed by atoms with Crippen LogP contribution in [0.3, 0.4) is 0 Å². The number of halogens is 2. The van der Waals surface area contributed by atoms with Crippen molar-refractivity contribution < 1.29 is 42.3 Å². The number of aromatic nitrogens is 8. The van der Waals surface area contributed by atoms with Gasteiger partial charge in [-0.1, -0.05) is 29.8 Å². The van der Waals surface area contributed by atoms with Crippen LogP contribution in [0.15, 0.2) is 55.6 Å². The Bertz CT molecular complexity index is 2150. The number of amides is 1. The highest BCUT2D eigenvalue weighted by Gasteiger charge is 2.52. The van der Waals surface area contributed by atoms with Gasteiger partial charge in [-0.05, 0) is 24.5 Å². The van der Waals surface area contributed by atoms with Crippen LogP contribution in [0.25, 0.3) is 22.3 Å². The molecule has 21 heteroatoms. The van der Waals surface area contributed by atoms with Gasteiger partial charge < -0.3 is 24.8 Å². The predicted molar refractivity (Wildman–Crippen MR) is 178 cm³/mol. The van der Waals surface area contributed by atoms with E-state index in [0.29, 0.717) is 23.1 Å². The number of carbonyl (C=O) groups excluding carboxylic acids is 1. The van der Waals surface area contributed by atoms with Crippen LogP contribution >= 0.6 is 19.4 Å². The molecule has 2 fully saturated rings. The number of phosphoric acid groups is 1. The molecule has 1 aromatic carbocycles. The summed E-state index contributed by atoms with van der Waals surface area (Å²) in [4.78, 5) is 37.8. The van der Waals surface area contributed by atoms with Crippen molar-refractivity contribution in [1.29, 1.82) is 5.26 Å². The number of ether oxygens (including phenoxy) is 1. The second kappa shape index (κ2) is 15.2. The summed E-state index contributed by atoms with van der Waals surface area (Å²) in [7, 11) is -4.61. The van der Waals surface area contributed by atoms with E-state index in [1.807, 2.05) is 6.07 Å². The molecule has 2 aliphatic rings. The highest BCUT2D eigenvalue weighted by Crippen LogP contribution is 2.56. The van der Waals surface area contributed by atoms with Crippen molar-refractivity contribution in [2.75, 3.05) is 31.7 Å². The molecule has 3 N–H and O–H groups in total. The molecule has 1 unspecified atom stereocenters. The normalized spacial score (nSPS) is 25.5. The van der Waals surface area contributed by atoms with Crippen LogP contribution in [0.4, 0.5) is 10.2 Å². The monoisotopic (exact) mass is 756 g/mol. The summed E-state index contributed by atoms with van der Waals surface area (Å²) in [6.07, 6.45) is -0.993. The van der Waals surface area contributed by atoms with Gasteiger partial charge in [-0.15, -0.1) is 0 Å². The zero-order valence-electron chi connectivity index (χ0n) is 27.1. The highest BCUT2D eigenvalue weighted by atomic mass is 35.5. The van der Waals surface area contributed by atoms with Crippen molar-refractivity contribution in [3.63, 3.8) is 0 Å². The minimum atomic E-state index is -4.61. The number of nitrogens with zero attached hydrogens (tertiary/aromatic N) is 9. The molecule has 0 spiro atoms. The molecule has 52 heavy (non-hydrogen) atoms. The third-order valence-corrected chi connectivity index (χ3v) is 10.8. The third-order valence-electron chi connectivity index (χ3n) is 9.03. The Balaban J connectivity index is 1.06. The number of phosphoric ester groups is 1. The minimum Gasteiger partial charge on any atom is -0.396 e. The Kier molecular flexibility index (Phi) is 10.5. The first-order valence-corrected chi connectivity index (χ1v) is 17.9. The number of alkyl halides is 1. The maximum Gasteiger partial charge on any atom is 0.475 e. The first-order chi connectivity index (χ1) is 25.2. The quantitative estimate of drug-likeness (QED) is 0.0837. The van der Waals surface area contributed by atoms with E-state index in [-0.39, 0.29) is 66.3 Å². The Morgan fingerprint density at radius 3 is 2.52 bits per heavy atom. The van der Waals surface area contributed by atoms with E-state index in [4.69, 9.17) is 35.2 Å². The van der Waals surface area contributed by atoms with Gasteiger partial charge in [0.15, 0.2) is 40.2 Å². The molecule has 7 rings (SSSR count). The van der Waals surface area contributed by atoms with E-state index in [1.165, 1.54) is 17.2 Å². The average molecular weight is 757 g/mol. The van der Waals surface area contributed by atoms with Gasteiger partial charge in [0.05, 0.1) is 45.0 Å². The molecule has 0 bridgehead atoms. The fraction of sp³-hybridized carbons (Fsp3) is 0.419. The van der Waals surface area contributed by atoms with Crippen molar-refractivity contribution in [2.45, 2.75) is 43.5 Å². The number of nitriles is 1. The second-order valence-corrected chi connectivity index (χ2v) is 14.0. The summed E-state index contributed by atoms with van der Waals surface area (Å²) in [6.45, 7) is -1.56. The number of aliphatic hydroxyl groups excluding tert-OH is 2. The first kappa shape index (κ1) is 35.9. The van der Waals surface area contributed by atoms with Crippen LogP contribution in [0.1, 0.15) is 35.5 Å². The molecule has 272 valence electrons. The van der Waals surface area contributed by atoms with Gasteiger partial charge in [-0.3, -0.25) is 22.9 Å². The van der Waals surface area contributed by atoms with E-state index < -0.39 is 44.9 Å². The lowest BCUT2D eigenvalue weighted by molar-refractivity contribution is -0.0503. The maximum atomic E-state index is 16.3. The van der Waals surface area contributed by atoms with E-state index in [9.17, 15) is 19.6 Å². The van der Waals surface area contributed by atoms with Crippen molar-refractivity contribution in [3.8, 4) is 6.07 Å². The average Bonchev–Trinajstić information content (AvgIpc) is 3.85. The summed E-state index contributed by atoms with van der Waals surface area (Å²) < 4.78 is 56.0. The number of aliphatic hydroxyl groups is 2. The minimum absolute atomic E-state index is 0.0685. The predicted octanol–water partition coefficient (Wildman–Crippen LogP) is 3.41. The number of hydrogen-bond donors (Lipinski definition) is 3. The van der Waals surface area contributed by atoms with Gasteiger partial charge >= 0.3 is 7.82 Å². The number of fused-ring (bicyclic) bond motifs is 2. The van der Waals surface area contributed by atoms with Gasteiger partial charge in [-0.25, -0.2) is 38.9 Å². The molecule has 1 aliphatic heterocycles. The topological polar surface area (TPSA) is 235 Å². The Labute approximate surface area is 299 Å². The van der Waals surface area contributed by atoms with Crippen LogP contribution in [0.2, 0.25) is 5.15 Å². The number of benzene rings is 1. The van der Waals surface area contributed by atoms with Gasteiger partial charge in [-0.2, -0.15) is 5.26 Å². The van der Waals surface area contributed by atoms with Crippen LogP contribution < -0.4 is 5.32 Å². The van der Waals surface area contributed by atoms with Crippen LogP contribution in [-0.4, -0.2) is 100.0 Å². The molecular weight excluding hydrogens is 726 g/mol. The number of anilines is 1. The van der Waals surface area contributed by atoms with Crippen molar-refractivity contribution in [3.05, 3.63) is 66.4 Å². The van der Waals surface area contributed by atoms with E-state index in [0.717, 1.165) is 6.33 Å². The van der Waals surface area contributed by atoms with Gasteiger partial charge in [0.2, 0.25) is 0 Å². The lowest BCUT2D eigenvalue weighted by Crippen LogP contribution is -2.43. The Hall–Kier alpha value is -4.51. The maximum absolute atomic E-state index is 16.3. The molecule has 1 saturated carbocycles. The molecule has 0 radical (unpaired) electrons. The fourth-order valence-corrected chi connectivity index (χ4v) is 7.97. The number of nitrogens with one attached hydrogen (secondary N) is 1. The molecule has 18 nitrogen and oxygen atoms in total. The van der Waals surface area contributed by atoms with E-state index in [1.54, 1.807) is 41.2 Å². The zero-order valence-corrected chi connectivity index (χ0v) is 28.7. The molecule has 1 aliphatic carbocycles. The summed E-state index contributed by atoms with van der Waals surface area (Å²) in [6, 6.07) is 10.1. The van der Waals surface area contributed by atoms with Gasteiger partial charge in [0.25, 0.3) is 5.91 Å². The Morgan fingerprint density at radius 2 is 1.77 bits per heavy atom. The lowest BCUT2D eigenvalue weighted by Gasteiger charge is -2.44. The molecule has 5 heterocycles. The summed E-state index contributed by atoms with van der Waals surface area (Å²) in [5.74, 6) is -1.10. The highest BCUT2D eigenvalue weighted by molar-refractivity contribution is 7.48. The van der Waals surface area contributed by atoms with Gasteiger partial charge in [0.1, 0.15) is 30.4 Å². The van der Waals surface area contributed by atoms with Crippen LogP contribution in [0, 0.1) is 23.2 Å². The Morgan fingerprint density at radius 1 is 1.04 bits per heavy atom. The number of hydrogen-bond acceptors (Lipinski definition) is 15. The smallest absolute Gasteiger partial charge is 0.396 e. The largest absolute Gasteiger partial charge is 0.475 e. The van der Waals surface area contributed by atoms with Crippen LogP contribution in [-0.2, 0) is 22.9 Å². The van der Waals surface area contributed by atoms with Crippen molar-refractivity contribution in [1.82, 2.24) is 39.0 Å². The summed E-state index contributed by atoms with van der Waals surface area (Å²) in [5.41, 5.74) is 1.51. The van der Waals surface area contributed by atoms with Crippen LogP contribution in [0.5, 0.6) is 0 Å². The molecule has 5 aromatic rings. The summed E-state index contributed by atoms with van der Waals surface area (Å²) in [5, 5.41) is 32.3. The first-order valence-electron chi connectivity index (χ1n) is 16.1. The van der Waals surface area contributed by atoms with Crippen molar-refractivity contribution >= 4 is 53.5 Å². The molecule has 8 atom stereocenters. The second-order valence-electron chi connectivity index (χ2n) is 12.0. The zero-order chi connectivity index (χ0) is 36.4. The van der Waals surface area contributed by atoms with E-state index in [2.05, 4.69) is 35.2 Å². The molecule has 1 saturated heterocycles.